The number of carbonyl (C=O) groups is 2. The number of aromatic nitrogens is 1. The van der Waals surface area contributed by atoms with Crippen LogP contribution < -0.4 is 14.8 Å². The molecule has 1 aromatic carbocycles. The Morgan fingerprint density at radius 2 is 1.93 bits per heavy atom. The molecule has 4 rings (SSSR count). The molecule has 0 unspecified atom stereocenters. The minimum absolute atomic E-state index is 0.0106. The molecule has 1 aliphatic rings. The molecule has 30 heavy (non-hydrogen) atoms. The zero-order chi connectivity index (χ0) is 21.1. The fourth-order valence-corrected chi connectivity index (χ4v) is 4.71. The van der Waals surface area contributed by atoms with E-state index in [1.807, 2.05) is 27.8 Å². The number of benzene rings is 1. The third kappa shape index (κ3) is 4.31. The van der Waals surface area contributed by atoms with Gasteiger partial charge < -0.3 is 14.4 Å². The van der Waals surface area contributed by atoms with E-state index in [4.69, 9.17) is 9.47 Å². The Morgan fingerprint density at radius 1 is 1.17 bits per heavy atom. The highest BCUT2D eigenvalue weighted by Gasteiger charge is 2.23. The normalized spacial score (nSPS) is 12.9. The number of methoxy groups -OCH3 is 2. The fourth-order valence-electron chi connectivity index (χ4n) is 3.37. The lowest BCUT2D eigenvalue weighted by Gasteiger charge is -2.29. The van der Waals surface area contributed by atoms with Gasteiger partial charge in [-0.1, -0.05) is 0 Å². The van der Waals surface area contributed by atoms with Crippen LogP contribution in [0.4, 0.5) is 5.13 Å². The lowest BCUT2D eigenvalue weighted by molar-refractivity contribution is -0.131. The maximum atomic E-state index is 12.8. The second kappa shape index (κ2) is 8.85. The summed E-state index contributed by atoms with van der Waals surface area (Å²) in [5.41, 5.74) is 3.49. The number of nitrogens with zero attached hydrogens (tertiary/aromatic N) is 2. The molecule has 1 N–H and O–H groups in total. The first-order chi connectivity index (χ1) is 14.6. The van der Waals surface area contributed by atoms with Gasteiger partial charge in [0.25, 0.3) is 5.91 Å². The van der Waals surface area contributed by atoms with Gasteiger partial charge in [0, 0.05) is 23.8 Å². The second-order valence-electron chi connectivity index (χ2n) is 6.83. The molecule has 0 spiro atoms. The van der Waals surface area contributed by atoms with Gasteiger partial charge in [-0.25, -0.2) is 4.98 Å². The van der Waals surface area contributed by atoms with Gasteiger partial charge in [-0.2, -0.15) is 11.3 Å². The van der Waals surface area contributed by atoms with Crippen molar-refractivity contribution in [1.82, 2.24) is 9.88 Å². The number of nitrogens with one attached hydrogen (secondary N) is 1. The van der Waals surface area contributed by atoms with Gasteiger partial charge in [-0.15, -0.1) is 11.3 Å². The van der Waals surface area contributed by atoms with Crippen LogP contribution in [0.25, 0.3) is 0 Å². The maximum absolute atomic E-state index is 12.8. The number of ether oxygens (including phenoxy) is 2. The van der Waals surface area contributed by atoms with Gasteiger partial charge >= 0.3 is 0 Å². The van der Waals surface area contributed by atoms with E-state index in [1.54, 1.807) is 25.7 Å². The van der Waals surface area contributed by atoms with E-state index in [9.17, 15) is 9.59 Å². The highest BCUT2D eigenvalue weighted by Crippen LogP contribution is 2.33. The quantitative estimate of drug-likeness (QED) is 0.630. The summed E-state index contributed by atoms with van der Waals surface area (Å²) in [7, 11) is 3.22. The Balaban J connectivity index is 1.39. The Bertz CT molecular complexity index is 1060. The van der Waals surface area contributed by atoms with Crippen LogP contribution >= 0.6 is 22.7 Å². The molecule has 3 aromatic rings. The monoisotopic (exact) mass is 443 g/mol. The molecule has 2 amide bonds. The smallest absolute Gasteiger partial charge is 0.258 e. The summed E-state index contributed by atoms with van der Waals surface area (Å²) in [6.45, 7) is 1.17. The molecule has 3 heterocycles. The van der Waals surface area contributed by atoms with Gasteiger partial charge in [0.1, 0.15) is 0 Å². The zero-order valence-corrected chi connectivity index (χ0v) is 18.3. The Hall–Kier alpha value is -2.91. The first kappa shape index (κ1) is 20.4. The maximum Gasteiger partial charge on any atom is 0.258 e. The minimum atomic E-state index is -0.194. The van der Waals surface area contributed by atoms with Crippen LogP contribution in [0.15, 0.2) is 34.3 Å². The molecule has 0 bridgehead atoms. The topological polar surface area (TPSA) is 80.8 Å². The summed E-state index contributed by atoms with van der Waals surface area (Å²) in [4.78, 5) is 31.2. The van der Waals surface area contributed by atoms with E-state index in [1.165, 1.54) is 28.2 Å². The predicted molar refractivity (Wildman–Crippen MR) is 117 cm³/mol. The zero-order valence-electron chi connectivity index (χ0n) is 16.6. The van der Waals surface area contributed by atoms with Crippen LogP contribution in [-0.2, 0) is 24.2 Å². The molecule has 0 atom stereocenters. The van der Waals surface area contributed by atoms with E-state index in [-0.39, 0.29) is 18.2 Å². The van der Waals surface area contributed by atoms with Crippen LogP contribution in [0.3, 0.4) is 0 Å². The van der Waals surface area contributed by atoms with Crippen LogP contribution in [0, 0.1) is 0 Å². The number of thiophene rings is 1. The van der Waals surface area contributed by atoms with Gasteiger partial charge in [-0.3, -0.25) is 14.9 Å². The summed E-state index contributed by atoms with van der Waals surface area (Å²) in [5.74, 6) is 1.18. The third-order valence-electron chi connectivity index (χ3n) is 4.96. The molecule has 0 saturated heterocycles. The first-order valence-corrected chi connectivity index (χ1v) is 11.2. The molecule has 0 aliphatic carbocycles. The molecule has 1 aliphatic heterocycles. The van der Waals surface area contributed by atoms with E-state index in [0.717, 1.165) is 12.0 Å². The van der Waals surface area contributed by atoms with Crippen molar-refractivity contribution in [1.29, 1.82) is 0 Å². The average molecular weight is 444 g/mol. The number of amides is 2. The number of rotatable bonds is 6. The predicted octanol–water partition coefficient (Wildman–Crippen LogP) is 3.60. The third-order valence-corrected chi connectivity index (χ3v) is 6.45. The SMILES string of the molecule is COc1cc2c(cc1OC)CN(C(=O)Cc1csc(NC(=O)c3ccsc3)n1)CC2. The summed E-state index contributed by atoms with van der Waals surface area (Å²) >= 11 is 2.79. The fraction of sp³-hybridized carbons (Fsp3) is 0.286. The van der Waals surface area contributed by atoms with Crippen molar-refractivity contribution >= 4 is 39.6 Å². The van der Waals surface area contributed by atoms with Crippen LogP contribution in [0.2, 0.25) is 0 Å². The molecule has 156 valence electrons. The number of anilines is 1. The second-order valence-corrected chi connectivity index (χ2v) is 8.47. The molecule has 0 saturated carbocycles. The summed E-state index contributed by atoms with van der Waals surface area (Å²) in [6.07, 6.45) is 0.966. The van der Waals surface area contributed by atoms with E-state index in [0.29, 0.717) is 41.0 Å². The van der Waals surface area contributed by atoms with Crippen LogP contribution in [0.5, 0.6) is 11.5 Å². The molecule has 0 fully saturated rings. The molecule has 7 nitrogen and oxygen atoms in total. The number of thiazole rings is 1. The Morgan fingerprint density at radius 3 is 2.63 bits per heavy atom. The number of hydrogen-bond acceptors (Lipinski definition) is 7. The van der Waals surface area contributed by atoms with Crippen molar-refractivity contribution in [3.8, 4) is 11.5 Å². The molecular formula is C21H21N3O4S2. The van der Waals surface area contributed by atoms with E-state index >= 15 is 0 Å². The average Bonchev–Trinajstić information content (AvgIpc) is 3.44. The molecule has 9 heteroatoms. The van der Waals surface area contributed by atoms with E-state index < -0.39 is 0 Å². The van der Waals surface area contributed by atoms with Crippen LogP contribution in [0.1, 0.15) is 27.2 Å². The largest absolute Gasteiger partial charge is 0.493 e. The van der Waals surface area contributed by atoms with Crippen LogP contribution in [-0.4, -0.2) is 42.5 Å². The first-order valence-electron chi connectivity index (χ1n) is 9.37. The van der Waals surface area contributed by atoms with Crippen molar-refractivity contribution in [2.45, 2.75) is 19.4 Å². The van der Waals surface area contributed by atoms with Crippen molar-refractivity contribution in [2.24, 2.45) is 0 Å². The van der Waals surface area contributed by atoms with Crippen molar-refractivity contribution in [2.75, 3.05) is 26.1 Å². The van der Waals surface area contributed by atoms with Crippen molar-refractivity contribution in [3.05, 3.63) is 56.7 Å². The lowest BCUT2D eigenvalue weighted by Crippen LogP contribution is -2.37. The number of fused-ring (bicyclic) bond motifs is 1. The highest BCUT2D eigenvalue weighted by molar-refractivity contribution is 7.14. The standard InChI is InChI=1S/C21H21N3O4S2/c1-27-17-7-13-3-5-24(10-15(13)8-18(17)28-2)19(25)9-16-12-30-21(22-16)23-20(26)14-4-6-29-11-14/h4,6-8,11-12H,3,5,9-10H2,1-2H3,(H,22,23,26). The highest BCUT2D eigenvalue weighted by atomic mass is 32.1. The molecule has 0 radical (unpaired) electrons. The molecular weight excluding hydrogens is 422 g/mol. The number of hydrogen-bond donors (Lipinski definition) is 1. The van der Waals surface area contributed by atoms with Crippen molar-refractivity contribution < 1.29 is 19.1 Å². The van der Waals surface area contributed by atoms with E-state index in [2.05, 4.69) is 10.3 Å². The van der Waals surface area contributed by atoms with Gasteiger partial charge in [-0.05, 0) is 41.1 Å². The number of carbonyl (C=O) groups excluding carboxylic acids is 2. The van der Waals surface area contributed by atoms with Gasteiger partial charge in [0.2, 0.25) is 5.91 Å². The Kier molecular flexibility index (Phi) is 6.01. The summed E-state index contributed by atoms with van der Waals surface area (Å²) in [6, 6.07) is 5.68. The molecule has 2 aromatic heterocycles. The van der Waals surface area contributed by atoms with Gasteiger partial charge in [0.15, 0.2) is 16.6 Å². The minimum Gasteiger partial charge on any atom is -0.493 e. The lowest BCUT2D eigenvalue weighted by atomic mass is 9.98. The summed E-state index contributed by atoms with van der Waals surface area (Å²) in [5, 5.41) is 8.72. The van der Waals surface area contributed by atoms with Gasteiger partial charge in [0.05, 0.1) is 31.9 Å². The summed E-state index contributed by atoms with van der Waals surface area (Å²) < 4.78 is 10.8. The Labute approximate surface area is 182 Å². The van der Waals surface area contributed by atoms with Crippen molar-refractivity contribution in [3.63, 3.8) is 0 Å².